The molecule has 0 saturated carbocycles. The molecule has 3 rings (SSSR count). The molecule has 0 bridgehead atoms. The lowest BCUT2D eigenvalue weighted by Gasteiger charge is -2.25. The van der Waals surface area contributed by atoms with Gasteiger partial charge in [-0.05, 0) is 37.0 Å². The van der Waals surface area contributed by atoms with E-state index < -0.39 is 0 Å². The number of aryl methyl sites for hydroxylation is 1. The van der Waals surface area contributed by atoms with Gasteiger partial charge in [-0.15, -0.1) is 0 Å². The van der Waals surface area contributed by atoms with Crippen LogP contribution < -0.4 is 10.1 Å². The first-order valence-corrected chi connectivity index (χ1v) is 8.42. The number of carbonyl (C=O) groups excluding carboxylic acids is 1. The maximum absolute atomic E-state index is 12.5. The predicted molar refractivity (Wildman–Crippen MR) is 91.9 cm³/mol. The molecule has 6 heteroatoms. The molecule has 2 amide bonds. The van der Waals surface area contributed by atoms with E-state index in [2.05, 4.69) is 16.4 Å². The van der Waals surface area contributed by atoms with Gasteiger partial charge in [0.1, 0.15) is 5.75 Å². The molecule has 1 atom stereocenters. The highest BCUT2D eigenvalue weighted by Gasteiger charge is 2.29. The normalized spacial score (nSPS) is 17.0. The molecule has 24 heavy (non-hydrogen) atoms. The van der Waals surface area contributed by atoms with E-state index in [1.807, 2.05) is 33.9 Å². The second-order valence-corrected chi connectivity index (χ2v) is 6.01. The number of benzene rings is 1. The molecule has 1 aromatic carbocycles. The van der Waals surface area contributed by atoms with Gasteiger partial charge in [0.2, 0.25) is 0 Å². The summed E-state index contributed by atoms with van der Waals surface area (Å²) in [4.78, 5) is 18.5. The molecular formula is C18H24N4O2. The first kappa shape index (κ1) is 16.4. The van der Waals surface area contributed by atoms with Gasteiger partial charge >= 0.3 is 6.03 Å². The fourth-order valence-electron chi connectivity index (χ4n) is 3.18. The second-order valence-electron chi connectivity index (χ2n) is 6.01. The van der Waals surface area contributed by atoms with Crippen LogP contribution in [0.4, 0.5) is 4.79 Å². The summed E-state index contributed by atoms with van der Waals surface area (Å²) in [5, 5.41) is 3.04. The number of amides is 2. The van der Waals surface area contributed by atoms with Crippen molar-refractivity contribution in [3.8, 4) is 5.75 Å². The van der Waals surface area contributed by atoms with Gasteiger partial charge in [0.15, 0.2) is 0 Å². The fraction of sp³-hybridized carbons (Fsp3) is 0.444. The van der Waals surface area contributed by atoms with E-state index in [0.29, 0.717) is 6.54 Å². The number of urea groups is 1. The summed E-state index contributed by atoms with van der Waals surface area (Å²) in [6.07, 6.45) is 8.41. The molecule has 1 N–H and O–H groups in total. The van der Waals surface area contributed by atoms with Crippen LogP contribution in [0.25, 0.3) is 0 Å². The van der Waals surface area contributed by atoms with Crippen LogP contribution >= 0.6 is 0 Å². The Labute approximate surface area is 142 Å². The van der Waals surface area contributed by atoms with Crippen molar-refractivity contribution < 1.29 is 9.53 Å². The van der Waals surface area contributed by atoms with Crippen LogP contribution in [-0.4, -0.2) is 40.7 Å². The van der Waals surface area contributed by atoms with Crippen molar-refractivity contribution in [1.82, 2.24) is 19.8 Å². The zero-order valence-corrected chi connectivity index (χ0v) is 14.0. The molecule has 2 aromatic rings. The summed E-state index contributed by atoms with van der Waals surface area (Å²) >= 11 is 0. The Morgan fingerprint density at radius 2 is 2.38 bits per heavy atom. The average Bonchev–Trinajstić information content (AvgIpc) is 3.30. The molecule has 0 radical (unpaired) electrons. The van der Waals surface area contributed by atoms with E-state index in [1.54, 1.807) is 19.6 Å². The third kappa shape index (κ3) is 3.88. The Morgan fingerprint density at radius 1 is 1.46 bits per heavy atom. The van der Waals surface area contributed by atoms with E-state index in [-0.39, 0.29) is 12.1 Å². The maximum Gasteiger partial charge on any atom is 0.317 e. The smallest absolute Gasteiger partial charge is 0.317 e. The predicted octanol–water partition coefficient (Wildman–Crippen LogP) is 2.83. The van der Waals surface area contributed by atoms with E-state index >= 15 is 0 Å². The molecular weight excluding hydrogens is 304 g/mol. The largest absolute Gasteiger partial charge is 0.497 e. The topological polar surface area (TPSA) is 59.4 Å². The number of hydrogen-bond donors (Lipinski definition) is 1. The monoisotopic (exact) mass is 328 g/mol. The number of aromatic nitrogens is 2. The quantitative estimate of drug-likeness (QED) is 0.830. The lowest BCUT2D eigenvalue weighted by molar-refractivity contribution is 0.192. The summed E-state index contributed by atoms with van der Waals surface area (Å²) in [5.74, 6) is 0.833. The minimum absolute atomic E-state index is 0.0194. The van der Waals surface area contributed by atoms with Crippen LogP contribution in [0.5, 0.6) is 5.75 Å². The van der Waals surface area contributed by atoms with E-state index in [1.165, 1.54) is 0 Å². The number of carbonyl (C=O) groups is 1. The Morgan fingerprint density at radius 3 is 3.17 bits per heavy atom. The highest BCUT2D eigenvalue weighted by atomic mass is 16.5. The molecule has 1 fully saturated rings. The Kier molecular flexibility index (Phi) is 5.36. The number of methoxy groups -OCH3 is 1. The molecule has 1 aromatic heterocycles. The number of ether oxygens (including phenoxy) is 1. The molecule has 2 heterocycles. The van der Waals surface area contributed by atoms with E-state index in [4.69, 9.17) is 4.74 Å². The number of likely N-dealkylation sites (tertiary alicyclic amines) is 1. The summed E-state index contributed by atoms with van der Waals surface area (Å²) in [5.41, 5.74) is 1.14. The lowest BCUT2D eigenvalue weighted by Crippen LogP contribution is -2.40. The molecule has 1 saturated heterocycles. The number of rotatable bonds is 6. The van der Waals surface area contributed by atoms with Gasteiger partial charge in [0.25, 0.3) is 0 Å². The van der Waals surface area contributed by atoms with Gasteiger partial charge in [-0.2, -0.15) is 0 Å². The van der Waals surface area contributed by atoms with Gasteiger partial charge < -0.3 is 19.5 Å². The number of hydrogen-bond acceptors (Lipinski definition) is 3. The summed E-state index contributed by atoms with van der Waals surface area (Å²) in [7, 11) is 1.67. The standard InChI is InChI=1S/C18H24N4O2/c1-24-16-6-2-5-15(13-16)17-7-3-11-22(17)18(23)20-8-4-10-21-12-9-19-14-21/h2,5-6,9,12-14,17H,3-4,7-8,10-11H2,1H3,(H,20,23). The van der Waals surface area contributed by atoms with Gasteiger partial charge in [-0.1, -0.05) is 12.1 Å². The van der Waals surface area contributed by atoms with Crippen LogP contribution in [0.15, 0.2) is 43.0 Å². The van der Waals surface area contributed by atoms with Crippen LogP contribution in [-0.2, 0) is 6.54 Å². The van der Waals surface area contributed by atoms with Gasteiger partial charge in [0.05, 0.1) is 19.5 Å². The van der Waals surface area contributed by atoms with Crippen LogP contribution in [0.3, 0.4) is 0 Å². The average molecular weight is 328 g/mol. The first-order valence-electron chi connectivity index (χ1n) is 8.42. The van der Waals surface area contributed by atoms with Crippen molar-refractivity contribution in [3.63, 3.8) is 0 Å². The highest BCUT2D eigenvalue weighted by Crippen LogP contribution is 2.33. The summed E-state index contributed by atoms with van der Waals surface area (Å²) in [6.45, 7) is 2.33. The minimum atomic E-state index is 0.0194. The maximum atomic E-state index is 12.5. The molecule has 6 nitrogen and oxygen atoms in total. The minimum Gasteiger partial charge on any atom is -0.497 e. The summed E-state index contributed by atoms with van der Waals surface area (Å²) in [6, 6.07) is 8.15. The fourth-order valence-corrected chi connectivity index (χ4v) is 3.18. The van der Waals surface area contributed by atoms with Crippen molar-refractivity contribution in [2.75, 3.05) is 20.2 Å². The number of imidazole rings is 1. The second kappa shape index (κ2) is 7.86. The van der Waals surface area contributed by atoms with E-state index in [0.717, 1.165) is 43.7 Å². The Balaban J connectivity index is 1.53. The van der Waals surface area contributed by atoms with E-state index in [9.17, 15) is 4.79 Å². The third-order valence-electron chi connectivity index (χ3n) is 4.42. The van der Waals surface area contributed by atoms with Crippen molar-refractivity contribution >= 4 is 6.03 Å². The Hall–Kier alpha value is -2.50. The summed E-state index contributed by atoms with van der Waals surface area (Å²) < 4.78 is 7.31. The van der Waals surface area contributed by atoms with Crippen molar-refractivity contribution in [1.29, 1.82) is 0 Å². The molecule has 0 aliphatic carbocycles. The number of nitrogens with zero attached hydrogens (tertiary/aromatic N) is 3. The van der Waals surface area contributed by atoms with Crippen LogP contribution in [0.1, 0.15) is 30.9 Å². The van der Waals surface area contributed by atoms with Crippen molar-refractivity contribution in [3.05, 3.63) is 48.5 Å². The highest BCUT2D eigenvalue weighted by molar-refractivity contribution is 5.75. The molecule has 1 unspecified atom stereocenters. The number of nitrogens with one attached hydrogen (secondary N) is 1. The molecule has 1 aliphatic rings. The lowest BCUT2D eigenvalue weighted by atomic mass is 10.0. The van der Waals surface area contributed by atoms with Crippen molar-refractivity contribution in [2.45, 2.75) is 31.8 Å². The van der Waals surface area contributed by atoms with Crippen LogP contribution in [0.2, 0.25) is 0 Å². The van der Waals surface area contributed by atoms with Crippen molar-refractivity contribution in [2.24, 2.45) is 0 Å². The molecule has 128 valence electrons. The third-order valence-corrected chi connectivity index (χ3v) is 4.42. The molecule has 0 spiro atoms. The van der Waals surface area contributed by atoms with Crippen LogP contribution in [0, 0.1) is 0 Å². The van der Waals surface area contributed by atoms with Gasteiger partial charge in [-0.25, -0.2) is 9.78 Å². The zero-order chi connectivity index (χ0) is 16.8. The SMILES string of the molecule is COc1cccc(C2CCCN2C(=O)NCCCn2ccnc2)c1. The van der Waals surface area contributed by atoms with Gasteiger partial charge in [0, 0.05) is 32.0 Å². The van der Waals surface area contributed by atoms with Gasteiger partial charge in [-0.3, -0.25) is 0 Å². The Bertz CT molecular complexity index is 657. The first-order chi connectivity index (χ1) is 11.8. The zero-order valence-electron chi connectivity index (χ0n) is 14.0. The molecule has 1 aliphatic heterocycles.